The number of carbonyl (C=O) groups is 1. The number of amides is 1. The van der Waals surface area contributed by atoms with Crippen LogP contribution in [0.2, 0.25) is 10.0 Å². The maximum Gasteiger partial charge on any atom is 0.224 e. The minimum Gasteiger partial charge on any atom is -0.478 e. The first kappa shape index (κ1) is 15.0. The Hall–Kier alpha value is -1.90. The summed E-state index contributed by atoms with van der Waals surface area (Å²) in [6, 6.07) is 3.52. The molecular weight excluding hydrogens is 325 g/mol. The van der Waals surface area contributed by atoms with E-state index in [4.69, 9.17) is 33.2 Å². The van der Waals surface area contributed by atoms with Gasteiger partial charge in [-0.05, 0) is 5.56 Å². The fraction of sp³-hybridized carbons (Fsp3) is 0.333. The molecule has 1 atom stereocenters. The Morgan fingerprint density at radius 2 is 2.27 bits per heavy atom. The Morgan fingerprint density at radius 3 is 3.00 bits per heavy atom. The molecule has 0 aliphatic carbocycles. The molecule has 5 nitrogen and oxygen atoms in total. The maximum absolute atomic E-state index is 11.9. The number of hydrogen-bond acceptors (Lipinski definition) is 3. The van der Waals surface area contributed by atoms with Crippen molar-refractivity contribution in [2.75, 3.05) is 13.2 Å². The third-order valence-corrected chi connectivity index (χ3v) is 4.59. The monoisotopic (exact) mass is 337 g/mol. The van der Waals surface area contributed by atoms with Crippen LogP contribution in [0.4, 0.5) is 0 Å². The molecule has 2 N–H and O–H groups in total. The predicted molar refractivity (Wildman–Crippen MR) is 84.6 cm³/mol. The summed E-state index contributed by atoms with van der Waals surface area (Å²) in [5.74, 6) is 0.529. The number of benzene rings is 1. The van der Waals surface area contributed by atoms with Crippen molar-refractivity contribution in [2.24, 2.45) is 0 Å². The highest BCUT2D eigenvalue weighted by atomic mass is 35.5. The first-order valence-electron chi connectivity index (χ1n) is 6.81. The van der Waals surface area contributed by atoms with Crippen molar-refractivity contribution < 1.29 is 9.53 Å². The molecule has 1 aliphatic heterocycles. The summed E-state index contributed by atoms with van der Waals surface area (Å²) in [6.07, 6.45) is 0.237. The number of aromatic amines is 1. The van der Waals surface area contributed by atoms with Crippen molar-refractivity contribution in [1.29, 1.82) is 5.26 Å². The molecule has 1 aromatic heterocycles. The average Bonchev–Trinajstić information content (AvgIpc) is 2.80. The highest BCUT2D eigenvalue weighted by Crippen LogP contribution is 2.42. The molecule has 0 unspecified atom stereocenters. The van der Waals surface area contributed by atoms with Gasteiger partial charge in [0.05, 0.1) is 22.0 Å². The van der Waals surface area contributed by atoms with Gasteiger partial charge >= 0.3 is 0 Å². The molecule has 0 radical (unpaired) electrons. The second-order valence-corrected chi connectivity index (χ2v) is 6.05. The van der Waals surface area contributed by atoms with E-state index in [0.29, 0.717) is 27.9 Å². The SMILES string of the molecule is C[C@H]1CNC(=O)Cc2c1[nH]c1c(Cl)c(Cl)cc(OCC#N)c21. The molecule has 2 aromatic rings. The standard InChI is InChI=1S/C15H13Cl2N3O2/c1-7-6-19-11(21)4-8-12-10(22-3-2-18)5-9(16)13(17)15(12)20-14(7)8/h5,7,20H,3-4,6H2,1H3,(H,19,21)/t7-/m0/s1. The predicted octanol–water partition coefficient (Wildman–Crippen LogP) is 3.15. The molecule has 114 valence electrons. The van der Waals surface area contributed by atoms with Crippen LogP contribution in [-0.4, -0.2) is 24.0 Å². The van der Waals surface area contributed by atoms with Crippen molar-refractivity contribution in [2.45, 2.75) is 19.3 Å². The number of hydrogen-bond donors (Lipinski definition) is 2. The van der Waals surface area contributed by atoms with E-state index in [1.54, 1.807) is 6.07 Å². The van der Waals surface area contributed by atoms with Gasteiger partial charge in [-0.15, -0.1) is 0 Å². The van der Waals surface area contributed by atoms with Crippen LogP contribution >= 0.6 is 23.2 Å². The molecule has 1 aliphatic rings. The summed E-state index contributed by atoms with van der Waals surface area (Å²) in [7, 11) is 0. The van der Waals surface area contributed by atoms with Gasteiger partial charge in [0.15, 0.2) is 6.61 Å². The van der Waals surface area contributed by atoms with E-state index >= 15 is 0 Å². The van der Waals surface area contributed by atoms with Crippen LogP contribution in [-0.2, 0) is 11.2 Å². The van der Waals surface area contributed by atoms with Crippen LogP contribution in [0.3, 0.4) is 0 Å². The van der Waals surface area contributed by atoms with Gasteiger partial charge in [0, 0.05) is 29.6 Å². The van der Waals surface area contributed by atoms with Gasteiger partial charge in [0.2, 0.25) is 5.91 Å². The van der Waals surface area contributed by atoms with Crippen molar-refractivity contribution in [3.63, 3.8) is 0 Å². The third-order valence-electron chi connectivity index (χ3n) is 3.80. The van der Waals surface area contributed by atoms with Gasteiger partial charge in [-0.3, -0.25) is 4.79 Å². The van der Waals surface area contributed by atoms with E-state index in [0.717, 1.165) is 16.6 Å². The molecule has 0 saturated heterocycles. The Morgan fingerprint density at radius 1 is 1.50 bits per heavy atom. The number of fused-ring (bicyclic) bond motifs is 3. The van der Waals surface area contributed by atoms with Gasteiger partial charge in [-0.2, -0.15) is 5.26 Å². The van der Waals surface area contributed by atoms with Gasteiger partial charge in [-0.1, -0.05) is 30.1 Å². The van der Waals surface area contributed by atoms with E-state index in [-0.39, 0.29) is 24.9 Å². The zero-order chi connectivity index (χ0) is 15.9. The minimum absolute atomic E-state index is 0.0520. The van der Waals surface area contributed by atoms with E-state index in [9.17, 15) is 4.79 Å². The van der Waals surface area contributed by atoms with E-state index in [1.165, 1.54) is 0 Å². The molecule has 7 heteroatoms. The molecule has 22 heavy (non-hydrogen) atoms. The van der Waals surface area contributed by atoms with E-state index in [1.807, 2.05) is 13.0 Å². The highest BCUT2D eigenvalue weighted by Gasteiger charge is 2.26. The number of rotatable bonds is 2. The van der Waals surface area contributed by atoms with Crippen molar-refractivity contribution >= 4 is 40.0 Å². The molecule has 0 bridgehead atoms. The largest absolute Gasteiger partial charge is 0.478 e. The molecule has 3 rings (SSSR count). The number of nitrogens with zero attached hydrogens (tertiary/aromatic N) is 1. The number of ether oxygens (including phenoxy) is 1. The number of aromatic nitrogens is 1. The lowest BCUT2D eigenvalue weighted by molar-refractivity contribution is -0.120. The Kier molecular flexibility index (Phi) is 3.90. The quantitative estimate of drug-likeness (QED) is 0.883. The average molecular weight is 338 g/mol. The smallest absolute Gasteiger partial charge is 0.224 e. The number of nitrogens with one attached hydrogen (secondary N) is 2. The van der Waals surface area contributed by atoms with Gasteiger partial charge in [0.25, 0.3) is 0 Å². The number of carbonyl (C=O) groups excluding carboxylic acids is 1. The van der Waals surface area contributed by atoms with Crippen LogP contribution < -0.4 is 10.1 Å². The fourth-order valence-electron chi connectivity index (χ4n) is 2.78. The second kappa shape index (κ2) is 5.71. The van der Waals surface area contributed by atoms with Crippen LogP contribution in [0.1, 0.15) is 24.1 Å². The molecule has 0 fully saturated rings. The lowest BCUT2D eigenvalue weighted by Crippen LogP contribution is -2.25. The molecule has 0 saturated carbocycles. The Labute approximate surface area is 137 Å². The maximum atomic E-state index is 11.9. The summed E-state index contributed by atoms with van der Waals surface area (Å²) in [5.41, 5.74) is 2.44. The molecule has 0 spiro atoms. The second-order valence-electron chi connectivity index (χ2n) is 5.27. The first-order valence-corrected chi connectivity index (χ1v) is 7.57. The van der Waals surface area contributed by atoms with Crippen LogP contribution in [0.25, 0.3) is 10.9 Å². The van der Waals surface area contributed by atoms with Crippen molar-refractivity contribution in [1.82, 2.24) is 10.3 Å². The van der Waals surface area contributed by atoms with Gasteiger partial charge < -0.3 is 15.0 Å². The Balaban J connectivity index is 2.30. The van der Waals surface area contributed by atoms with E-state index in [2.05, 4.69) is 10.3 Å². The lowest BCUT2D eigenvalue weighted by Gasteiger charge is -2.08. The molecule has 1 amide bonds. The topological polar surface area (TPSA) is 77.9 Å². The number of nitriles is 1. The number of H-pyrrole nitrogens is 1. The summed E-state index contributed by atoms with van der Waals surface area (Å²) < 4.78 is 5.48. The first-order chi connectivity index (χ1) is 10.5. The van der Waals surface area contributed by atoms with Gasteiger partial charge in [0.1, 0.15) is 11.8 Å². The molecule has 2 heterocycles. The van der Waals surface area contributed by atoms with Crippen LogP contribution in [0.5, 0.6) is 5.75 Å². The Bertz CT molecular complexity index is 807. The summed E-state index contributed by atoms with van der Waals surface area (Å²) in [4.78, 5) is 15.2. The zero-order valence-corrected chi connectivity index (χ0v) is 13.3. The summed E-state index contributed by atoms with van der Waals surface area (Å²) in [5, 5.41) is 13.1. The van der Waals surface area contributed by atoms with Crippen molar-refractivity contribution in [3.8, 4) is 11.8 Å². The lowest BCUT2D eigenvalue weighted by atomic mass is 10.0. The third kappa shape index (κ3) is 2.39. The van der Waals surface area contributed by atoms with Gasteiger partial charge in [-0.25, -0.2) is 0 Å². The zero-order valence-electron chi connectivity index (χ0n) is 11.8. The highest BCUT2D eigenvalue weighted by molar-refractivity contribution is 6.45. The minimum atomic E-state index is -0.102. The normalized spacial score (nSPS) is 17.5. The van der Waals surface area contributed by atoms with Crippen LogP contribution in [0.15, 0.2) is 6.07 Å². The van der Waals surface area contributed by atoms with Crippen molar-refractivity contribution in [3.05, 3.63) is 27.4 Å². The molecule has 1 aromatic carbocycles. The van der Waals surface area contributed by atoms with Crippen LogP contribution in [0, 0.1) is 11.3 Å². The van der Waals surface area contributed by atoms with E-state index < -0.39 is 0 Å². The molecular formula is C15H13Cl2N3O2. The summed E-state index contributed by atoms with van der Waals surface area (Å²) >= 11 is 12.4. The number of halogens is 2. The summed E-state index contributed by atoms with van der Waals surface area (Å²) in [6.45, 7) is 2.47. The fourth-order valence-corrected chi connectivity index (χ4v) is 3.17.